The Morgan fingerprint density at radius 3 is 2.58 bits per heavy atom. The molecule has 6 nitrogen and oxygen atoms in total. The minimum atomic E-state index is -0.800. The number of aliphatic carboxylic acids is 1. The predicted molar refractivity (Wildman–Crippen MR) is 91.0 cm³/mol. The molecule has 2 N–H and O–H groups in total. The molecule has 1 aliphatic rings. The normalized spacial score (nSPS) is 17.1. The van der Waals surface area contributed by atoms with Gasteiger partial charge in [-0.25, -0.2) is 0 Å². The molecule has 0 aliphatic carbocycles. The first kappa shape index (κ1) is 18.3. The van der Waals surface area contributed by atoms with Gasteiger partial charge >= 0.3 is 5.97 Å². The summed E-state index contributed by atoms with van der Waals surface area (Å²) in [6.45, 7) is 0.870. The van der Waals surface area contributed by atoms with Crippen LogP contribution in [0.25, 0.3) is 0 Å². The first-order valence-corrected chi connectivity index (χ1v) is 8.40. The van der Waals surface area contributed by atoms with Gasteiger partial charge in [-0.3, -0.25) is 14.4 Å². The molecule has 24 heavy (non-hydrogen) atoms. The summed E-state index contributed by atoms with van der Waals surface area (Å²) in [5.41, 5.74) is 0.744. The summed E-state index contributed by atoms with van der Waals surface area (Å²) in [6, 6.07) is 6.97. The highest BCUT2D eigenvalue weighted by Gasteiger charge is 2.34. The lowest BCUT2D eigenvalue weighted by molar-refractivity contribution is -0.137. The Kier molecular flexibility index (Phi) is 6.61. The molecule has 0 spiro atoms. The Morgan fingerprint density at radius 2 is 1.92 bits per heavy atom. The van der Waals surface area contributed by atoms with Crippen LogP contribution in [0, 0.1) is 5.92 Å². The van der Waals surface area contributed by atoms with Crippen molar-refractivity contribution >= 4 is 35.1 Å². The Hall–Kier alpha value is -2.08. The maximum Gasteiger partial charge on any atom is 0.303 e. The third-order valence-electron chi connectivity index (χ3n) is 4.00. The van der Waals surface area contributed by atoms with E-state index in [0.29, 0.717) is 24.5 Å². The summed E-state index contributed by atoms with van der Waals surface area (Å²) in [5.74, 6) is -1.35. The number of nitrogens with one attached hydrogen (secondary N) is 1. The first-order chi connectivity index (χ1) is 11.5. The van der Waals surface area contributed by atoms with Crippen molar-refractivity contribution in [1.29, 1.82) is 0 Å². The summed E-state index contributed by atoms with van der Waals surface area (Å²) in [6.07, 6.45) is 2.46. The number of rotatable bonds is 8. The average Bonchev–Trinajstić information content (AvgIpc) is 2.93. The second-order valence-electron chi connectivity index (χ2n) is 5.88. The van der Waals surface area contributed by atoms with E-state index < -0.39 is 5.97 Å². The second-order valence-corrected chi connectivity index (χ2v) is 6.31. The SMILES string of the molecule is O=C(O)CCCCCNC(=O)C1CC(=O)N(c2ccc(Cl)cc2)C1. The number of benzene rings is 1. The molecule has 1 aliphatic heterocycles. The van der Waals surface area contributed by atoms with Crippen LogP contribution in [0.5, 0.6) is 0 Å². The van der Waals surface area contributed by atoms with E-state index in [1.54, 1.807) is 29.2 Å². The van der Waals surface area contributed by atoms with E-state index in [0.717, 1.165) is 18.5 Å². The van der Waals surface area contributed by atoms with E-state index in [2.05, 4.69) is 5.32 Å². The van der Waals surface area contributed by atoms with Crippen LogP contribution in [-0.2, 0) is 14.4 Å². The van der Waals surface area contributed by atoms with Crippen molar-refractivity contribution in [2.45, 2.75) is 32.1 Å². The van der Waals surface area contributed by atoms with Crippen molar-refractivity contribution in [3.63, 3.8) is 0 Å². The Morgan fingerprint density at radius 1 is 1.21 bits per heavy atom. The third kappa shape index (κ3) is 5.23. The highest BCUT2D eigenvalue weighted by atomic mass is 35.5. The number of anilines is 1. The van der Waals surface area contributed by atoms with E-state index >= 15 is 0 Å². The minimum absolute atomic E-state index is 0.0704. The van der Waals surface area contributed by atoms with Gasteiger partial charge in [0.25, 0.3) is 0 Å². The van der Waals surface area contributed by atoms with E-state index in [1.165, 1.54) is 0 Å². The van der Waals surface area contributed by atoms with Gasteiger partial charge in [-0.05, 0) is 37.1 Å². The summed E-state index contributed by atoms with van der Waals surface area (Å²) < 4.78 is 0. The van der Waals surface area contributed by atoms with Crippen molar-refractivity contribution in [1.82, 2.24) is 5.32 Å². The largest absolute Gasteiger partial charge is 0.481 e. The molecule has 1 aromatic rings. The van der Waals surface area contributed by atoms with Gasteiger partial charge in [0, 0.05) is 36.6 Å². The molecule has 7 heteroatoms. The number of halogens is 1. The lowest BCUT2D eigenvalue weighted by atomic mass is 10.1. The molecule has 1 fully saturated rings. The lowest BCUT2D eigenvalue weighted by Crippen LogP contribution is -2.33. The molecule has 2 amide bonds. The lowest BCUT2D eigenvalue weighted by Gasteiger charge is -2.16. The maximum absolute atomic E-state index is 12.2. The number of hydrogen-bond acceptors (Lipinski definition) is 3. The highest BCUT2D eigenvalue weighted by Crippen LogP contribution is 2.26. The molecule has 1 heterocycles. The zero-order valence-electron chi connectivity index (χ0n) is 13.3. The number of carbonyl (C=O) groups is 3. The van der Waals surface area contributed by atoms with E-state index in [9.17, 15) is 14.4 Å². The van der Waals surface area contributed by atoms with Crippen molar-refractivity contribution in [2.24, 2.45) is 5.92 Å². The number of carbonyl (C=O) groups excluding carboxylic acids is 2. The fourth-order valence-electron chi connectivity index (χ4n) is 2.69. The average molecular weight is 353 g/mol. The quantitative estimate of drug-likeness (QED) is 0.703. The zero-order chi connectivity index (χ0) is 17.5. The van der Waals surface area contributed by atoms with Gasteiger partial charge in [-0.1, -0.05) is 18.0 Å². The highest BCUT2D eigenvalue weighted by molar-refractivity contribution is 6.30. The van der Waals surface area contributed by atoms with Crippen LogP contribution in [0.3, 0.4) is 0 Å². The van der Waals surface area contributed by atoms with Crippen LogP contribution >= 0.6 is 11.6 Å². The van der Waals surface area contributed by atoms with Gasteiger partial charge in [-0.2, -0.15) is 0 Å². The zero-order valence-corrected chi connectivity index (χ0v) is 14.1. The molecular formula is C17H21ClN2O4. The summed E-state index contributed by atoms with van der Waals surface area (Å²) in [5, 5.41) is 12.0. The summed E-state index contributed by atoms with van der Waals surface area (Å²) >= 11 is 5.84. The van der Waals surface area contributed by atoms with Gasteiger partial charge in [0.05, 0.1) is 5.92 Å². The summed E-state index contributed by atoms with van der Waals surface area (Å²) in [7, 11) is 0. The number of carboxylic acid groups (broad SMARTS) is 1. The molecule has 2 rings (SSSR count). The first-order valence-electron chi connectivity index (χ1n) is 8.03. The van der Waals surface area contributed by atoms with Crippen molar-refractivity contribution in [3.8, 4) is 0 Å². The van der Waals surface area contributed by atoms with E-state index in [-0.39, 0.29) is 30.6 Å². The topological polar surface area (TPSA) is 86.7 Å². The third-order valence-corrected chi connectivity index (χ3v) is 4.25. The monoisotopic (exact) mass is 352 g/mol. The van der Waals surface area contributed by atoms with E-state index in [4.69, 9.17) is 16.7 Å². The van der Waals surface area contributed by atoms with Gasteiger partial charge in [0.1, 0.15) is 0 Å². The molecule has 1 saturated heterocycles. The minimum Gasteiger partial charge on any atom is -0.481 e. The Labute approximate surface area is 145 Å². The van der Waals surface area contributed by atoms with E-state index in [1.807, 2.05) is 0 Å². The standard InChI is InChI=1S/C17H21ClN2O4/c18-13-5-7-14(8-6-13)20-11-12(10-15(20)21)17(24)19-9-3-1-2-4-16(22)23/h5-8,12H,1-4,9-11H2,(H,19,24)(H,22,23). The predicted octanol–water partition coefficient (Wildman–Crippen LogP) is 2.45. The van der Waals surface area contributed by atoms with Crippen molar-refractivity contribution in [2.75, 3.05) is 18.0 Å². The summed E-state index contributed by atoms with van der Waals surface area (Å²) in [4.78, 5) is 36.3. The van der Waals surface area contributed by atoms with Crippen LogP contribution in [0.1, 0.15) is 32.1 Å². The van der Waals surface area contributed by atoms with Crippen molar-refractivity contribution < 1.29 is 19.5 Å². The second kappa shape index (κ2) is 8.68. The van der Waals surface area contributed by atoms with Gasteiger partial charge in [0.15, 0.2) is 0 Å². The number of carboxylic acids is 1. The van der Waals surface area contributed by atoms with Crippen LogP contribution in [0.15, 0.2) is 24.3 Å². The maximum atomic E-state index is 12.2. The molecule has 0 radical (unpaired) electrons. The fraction of sp³-hybridized carbons (Fsp3) is 0.471. The molecule has 1 aromatic carbocycles. The van der Waals surface area contributed by atoms with Gasteiger partial charge in [-0.15, -0.1) is 0 Å². The van der Waals surface area contributed by atoms with Crippen LogP contribution in [-0.4, -0.2) is 36.0 Å². The number of nitrogens with zero attached hydrogens (tertiary/aromatic N) is 1. The van der Waals surface area contributed by atoms with Crippen molar-refractivity contribution in [3.05, 3.63) is 29.3 Å². The fourth-order valence-corrected chi connectivity index (χ4v) is 2.81. The van der Waals surface area contributed by atoms with Crippen LogP contribution in [0.2, 0.25) is 5.02 Å². The molecule has 0 saturated carbocycles. The molecule has 0 bridgehead atoms. The van der Waals surface area contributed by atoms with Gasteiger partial charge in [0.2, 0.25) is 11.8 Å². The molecule has 1 unspecified atom stereocenters. The van der Waals surface area contributed by atoms with Crippen LogP contribution < -0.4 is 10.2 Å². The number of amides is 2. The molecule has 1 atom stereocenters. The number of unbranched alkanes of at least 4 members (excludes halogenated alkanes) is 2. The smallest absolute Gasteiger partial charge is 0.303 e. The van der Waals surface area contributed by atoms with Crippen LogP contribution in [0.4, 0.5) is 5.69 Å². The molecule has 0 aromatic heterocycles. The number of hydrogen-bond donors (Lipinski definition) is 2. The Balaban J connectivity index is 1.75. The molecule has 130 valence electrons. The Bertz CT molecular complexity index is 603. The van der Waals surface area contributed by atoms with Gasteiger partial charge < -0.3 is 15.3 Å². The molecular weight excluding hydrogens is 332 g/mol.